The lowest BCUT2D eigenvalue weighted by atomic mass is 10.2. The molecule has 0 unspecified atom stereocenters. The van der Waals surface area contributed by atoms with E-state index in [1.807, 2.05) is 28.8 Å². The molecule has 2 heterocycles. The number of hydrogen-bond donors (Lipinski definition) is 0. The summed E-state index contributed by atoms with van der Waals surface area (Å²) in [6, 6.07) is 12.3. The minimum absolute atomic E-state index is 0.229. The molecule has 17 heavy (non-hydrogen) atoms. The lowest BCUT2D eigenvalue weighted by Crippen LogP contribution is -1.86. The maximum absolute atomic E-state index is 12.9. The summed E-state index contributed by atoms with van der Waals surface area (Å²) in [5, 5.41) is 0. The van der Waals surface area contributed by atoms with Crippen molar-refractivity contribution in [1.29, 1.82) is 0 Å². The van der Waals surface area contributed by atoms with E-state index in [0.717, 1.165) is 20.6 Å². The normalized spacial score (nSPS) is 10.9. The average Bonchev–Trinajstić information content (AvgIpc) is 2.69. The van der Waals surface area contributed by atoms with Gasteiger partial charge in [0.25, 0.3) is 0 Å². The van der Waals surface area contributed by atoms with E-state index in [1.54, 1.807) is 12.1 Å². The van der Waals surface area contributed by atoms with Gasteiger partial charge in [-0.05, 0) is 59.0 Å². The lowest BCUT2D eigenvalue weighted by Gasteiger charge is -1.97. The molecule has 2 nitrogen and oxygen atoms in total. The van der Waals surface area contributed by atoms with Gasteiger partial charge in [-0.25, -0.2) is 9.37 Å². The largest absolute Gasteiger partial charge is 0.294 e. The standard InChI is InChI=1S/C13H8FIN2/c14-10-6-4-9(5-7-10)12-13(15)17-8-2-1-3-11(17)16-12/h1-8H. The molecule has 0 aliphatic heterocycles. The predicted molar refractivity (Wildman–Crippen MR) is 73.3 cm³/mol. The second-order valence-electron chi connectivity index (χ2n) is 3.69. The Bertz CT molecular complexity index is 673. The molecular formula is C13H8FIN2. The lowest BCUT2D eigenvalue weighted by molar-refractivity contribution is 0.628. The first-order valence-electron chi connectivity index (χ1n) is 5.14. The van der Waals surface area contributed by atoms with E-state index in [-0.39, 0.29) is 5.82 Å². The molecule has 0 radical (unpaired) electrons. The van der Waals surface area contributed by atoms with Crippen LogP contribution < -0.4 is 0 Å². The molecule has 0 atom stereocenters. The van der Waals surface area contributed by atoms with E-state index in [2.05, 4.69) is 27.6 Å². The van der Waals surface area contributed by atoms with Gasteiger partial charge in [0.15, 0.2) is 0 Å². The Balaban J connectivity index is 2.24. The van der Waals surface area contributed by atoms with Crippen molar-refractivity contribution in [3.63, 3.8) is 0 Å². The van der Waals surface area contributed by atoms with Gasteiger partial charge in [-0.2, -0.15) is 0 Å². The summed E-state index contributed by atoms with van der Waals surface area (Å²) >= 11 is 2.25. The maximum atomic E-state index is 12.9. The number of nitrogens with zero attached hydrogens (tertiary/aromatic N) is 2. The second kappa shape index (κ2) is 4.10. The molecule has 1 aromatic carbocycles. The highest BCUT2D eigenvalue weighted by atomic mass is 127. The average molecular weight is 338 g/mol. The fraction of sp³-hybridized carbons (Fsp3) is 0. The minimum atomic E-state index is -0.229. The van der Waals surface area contributed by atoms with Crippen LogP contribution in [0.25, 0.3) is 16.9 Å². The summed E-state index contributed by atoms with van der Waals surface area (Å²) < 4.78 is 15.9. The van der Waals surface area contributed by atoms with Crippen molar-refractivity contribution in [3.8, 4) is 11.3 Å². The molecule has 3 rings (SSSR count). The predicted octanol–water partition coefficient (Wildman–Crippen LogP) is 3.75. The van der Waals surface area contributed by atoms with Crippen molar-refractivity contribution in [2.24, 2.45) is 0 Å². The third-order valence-electron chi connectivity index (χ3n) is 2.59. The Labute approximate surface area is 111 Å². The zero-order chi connectivity index (χ0) is 11.8. The molecule has 0 bridgehead atoms. The van der Waals surface area contributed by atoms with Gasteiger partial charge >= 0.3 is 0 Å². The van der Waals surface area contributed by atoms with Crippen molar-refractivity contribution >= 4 is 28.2 Å². The smallest absolute Gasteiger partial charge is 0.138 e. The molecule has 3 aromatic rings. The van der Waals surface area contributed by atoms with Gasteiger partial charge in [0.2, 0.25) is 0 Å². The summed E-state index contributed by atoms with van der Waals surface area (Å²) in [4.78, 5) is 4.55. The first kappa shape index (κ1) is 10.7. The highest BCUT2D eigenvalue weighted by Gasteiger charge is 2.10. The molecular weight excluding hydrogens is 330 g/mol. The molecule has 0 fully saturated rings. The van der Waals surface area contributed by atoms with Gasteiger partial charge in [-0.3, -0.25) is 4.40 Å². The molecule has 0 saturated heterocycles. The zero-order valence-corrected chi connectivity index (χ0v) is 10.9. The highest BCUT2D eigenvalue weighted by molar-refractivity contribution is 14.1. The van der Waals surface area contributed by atoms with Crippen LogP contribution in [0.3, 0.4) is 0 Å². The molecule has 4 heteroatoms. The molecule has 2 aromatic heterocycles. The summed E-state index contributed by atoms with van der Waals surface area (Å²) in [5.41, 5.74) is 2.72. The van der Waals surface area contributed by atoms with E-state index in [4.69, 9.17) is 0 Å². The molecule has 0 aliphatic rings. The van der Waals surface area contributed by atoms with E-state index in [0.29, 0.717) is 0 Å². The van der Waals surface area contributed by atoms with E-state index in [9.17, 15) is 4.39 Å². The monoisotopic (exact) mass is 338 g/mol. The quantitative estimate of drug-likeness (QED) is 0.618. The van der Waals surface area contributed by atoms with Crippen molar-refractivity contribution in [2.75, 3.05) is 0 Å². The van der Waals surface area contributed by atoms with Crippen LogP contribution in [-0.4, -0.2) is 9.38 Å². The number of aromatic nitrogens is 2. The summed E-state index contributed by atoms with van der Waals surface area (Å²) in [7, 11) is 0. The van der Waals surface area contributed by atoms with Crippen LogP contribution in [0.15, 0.2) is 48.7 Å². The zero-order valence-electron chi connectivity index (χ0n) is 8.77. The number of imidazole rings is 1. The highest BCUT2D eigenvalue weighted by Crippen LogP contribution is 2.25. The minimum Gasteiger partial charge on any atom is -0.294 e. The summed E-state index contributed by atoms with van der Waals surface area (Å²) in [6.07, 6.45) is 1.97. The second-order valence-corrected chi connectivity index (χ2v) is 4.71. The van der Waals surface area contributed by atoms with Crippen molar-refractivity contribution in [1.82, 2.24) is 9.38 Å². The molecule has 0 spiro atoms. The van der Waals surface area contributed by atoms with Crippen LogP contribution in [-0.2, 0) is 0 Å². The van der Waals surface area contributed by atoms with Crippen molar-refractivity contribution < 1.29 is 4.39 Å². The van der Waals surface area contributed by atoms with E-state index < -0.39 is 0 Å². The SMILES string of the molecule is Fc1ccc(-c2nc3ccccn3c2I)cc1. The summed E-state index contributed by atoms with van der Waals surface area (Å²) in [5.74, 6) is -0.229. The molecule has 84 valence electrons. The maximum Gasteiger partial charge on any atom is 0.138 e. The Hall–Kier alpha value is -1.43. The number of pyridine rings is 1. The number of fused-ring (bicyclic) bond motifs is 1. The van der Waals surface area contributed by atoms with Gasteiger partial charge < -0.3 is 0 Å². The molecule has 0 aliphatic carbocycles. The summed E-state index contributed by atoms with van der Waals surface area (Å²) in [6.45, 7) is 0. The van der Waals surface area contributed by atoms with Crippen LogP contribution in [0.1, 0.15) is 0 Å². The van der Waals surface area contributed by atoms with Crippen molar-refractivity contribution in [3.05, 3.63) is 58.2 Å². The van der Waals surface area contributed by atoms with Crippen LogP contribution in [0, 0.1) is 9.52 Å². The number of halogens is 2. The number of rotatable bonds is 1. The van der Waals surface area contributed by atoms with Gasteiger partial charge in [0.05, 0.1) is 0 Å². The fourth-order valence-electron chi connectivity index (χ4n) is 1.76. The van der Waals surface area contributed by atoms with Crippen LogP contribution in [0.2, 0.25) is 0 Å². The van der Waals surface area contributed by atoms with E-state index in [1.165, 1.54) is 12.1 Å². The van der Waals surface area contributed by atoms with Gasteiger partial charge in [-0.1, -0.05) is 6.07 Å². The van der Waals surface area contributed by atoms with Crippen LogP contribution in [0.5, 0.6) is 0 Å². The third-order valence-corrected chi connectivity index (χ3v) is 3.62. The Morgan fingerprint density at radius 2 is 1.82 bits per heavy atom. The van der Waals surface area contributed by atoms with Crippen LogP contribution in [0.4, 0.5) is 4.39 Å². The Kier molecular flexibility index (Phi) is 2.58. The third kappa shape index (κ3) is 1.82. The first-order valence-corrected chi connectivity index (χ1v) is 6.22. The Morgan fingerprint density at radius 1 is 1.06 bits per heavy atom. The molecule has 0 amide bonds. The molecule has 0 N–H and O–H groups in total. The van der Waals surface area contributed by atoms with Gasteiger partial charge in [-0.15, -0.1) is 0 Å². The Morgan fingerprint density at radius 3 is 2.53 bits per heavy atom. The fourth-order valence-corrected chi connectivity index (χ4v) is 2.60. The molecule has 0 saturated carbocycles. The van der Waals surface area contributed by atoms with Crippen molar-refractivity contribution in [2.45, 2.75) is 0 Å². The van der Waals surface area contributed by atoms with Crippen LogP contribution >= 0.6 is 22.6 Å². The number of hydrogen-bond acceptors (Lipinski definition) is 1. The topological polar surface area (TPSA) is 17.3 Å². The first-order chi connectivity index (χ1) is 8.25. The van der Waals surface area contributed by atoms with Gasteiger partial charge in [0, 0.05) is 11.8 Å². The van der Waals surface area contributed by atoms with E-state index >= 15 is 0 Å². The number of benzene rings is 1. The van der Waals surface area contributed by atoms with Gasteiger partial charge in [0.1, 0.15) is 20.9 Å².